The van der Waals surface area contributed by atoms with E-state index in [0.717, 1.165) is 20.5 Å². The van der Waals surface area contributed by atoms with Gasteiger partial charge in [-0.1, -0.05) is 0 Å². The normalized spacial score (nSPS) is 11.4. The average Bonchev–Trinajstić information content (AvgIpc) is 3.03. The van der Waals surface area contributed by atoms with Gasteiger partial charge in [-0.15, -0.1) is 0 Å². The highest BCUT2D eigenvalue weighted by Gasteiger charge is 2.14. The van der Waals surface area contributed by atoms with Crippen molar-refractivity contribution < 1.29 is 13.2 Å². The van der Waals surface area contributed by atoms with Gasteiger partial charge >= 0.3 is 0 Å². The number of rotatable bonds is 6. The summed E-state index contributed by atoms with van der Waals surface area (Å²) < 4.78 is 36.2. The van der Waals surface area contributed by atoms with Crippen LogP contribution in [-0.2, 0) is 10.0 Å². The molecule has 0 unspecified atom stereocenters. The first-order valence-electron chi connectivity index (χ1n) is 9.64. The van der Waals surface area contributed by atoms with Crippen LogP contribution >= 0.6 is 22.6 Å². The molecule has 0 saturated carbocycles. The Kier molecular flexibility index (Phi) is 6.15. The number of benzene rings is 2. The van der Waals surface area contributed by atoms with E-state index in [2.05, 4.69) is 42.4 Å². The van der Waals surface area contributed by atoms with Crippen LogP contribution in [0.4, 0.5) is 5.69 Å². The van der Waals surface area contributed by atoms with E-state index in [0.29, 0.717) is 23.1 Å². The van der Waals surface area contributed by atoms with Crippen molar-refractivity contribution in [2.75, 3.05) is 4.72 Å². The molecule has 0 aliphatic rings. The van der Waals surface area contributed by atoms with Crippen LogP contribution in [0.15, 0.2) is 65.8 Å². The Morgan fingerprint density at radius 3 is 2.28 bits per heavy atom. The molecule has 0 spiro atoms. The van der Waals surface area contributed by atoms with Gasteiger partial charge in [-0.05, 0) is 97.5 Å². The van der Waals surface area contributed by atoms with Gasteiger partial charge in [-0.2, -0.15) is 5.10 Å². The highest BCUT2D eigenvalue weighted by molar-refractivity contribution is 14.1. The molecule has 8 nitrogen and oxygen atoms in total. The summed E-state index contributed by atoms with van der Waals surface area (Å²) in [6, 6.07) is 14.9. The van der Waals surface area contributed by atoms with Crippen LogP contribution in [0.2, 0.25) is 0 Å². The number of anilines is 1. The van der Waals surface area contributed by atoms with E-state index >= 15 is 0 Å². The van der Waals surface area contributed by atoms with E-state index in [4.69, 9.17) is 4.74 Å². The number of hydrogen-bond acceptors (Lipinski definition) is 6. The summed E-state index contributed by atoms with van der Waals surface area (Å²) in [7, 11) is -3.67. The zero-order valence-corrected chi connectivity index (χ0v) is 20.5. The maximum absolute atomic E-state index is 12.5. The summed E-state index contributed by atoms with van der Waals surface area (Å²) in [6.07, 6.45) is 1.42. The van der Waals surface area contributed by atoms with Gasteiger partial charge in [0.25, 0.3) is 10.0 Å². The summed E-state index contributed by atoms with van der Waals surface area (Å²) in [5.74, 6) is 1.47. The first-order valence-corrected chi connectivity index (χ1v) is 12.2. The molecule has 4 aromatic rings. The van der Waals surface area contributed by atoms with Crippen LogP contribution in [-0.4, -0.2) is 28.2 Å². The molecule has 0 saturated heterocycles. The third kappa shape index (κ3) is 4.75. The molecule has 1 N–H and O–H groups in total. The lowest BCUT2D eigenvalue weighted by atomic mass is 10.2. The number of aromatic nitrogens is 4. The lowest BCUT2D eigenvalue weighted by Crippen LogP contribution is -2.12. The van der Waals surface area contributed by atoms with Crippen LogP contribution in [0.3, 0.4) is 0 Å². The summed E-state index contributed by atoms with van der Waals surface area (Å²) >= 11 is 2.13. The van der Waals surface area contributed by atoms with Crippen LogP contribution in [0.25, 0.3) is 5.82 Å². The number of halogens is 1. The second kappa shape index (κ2) is 8.87. The van der Waals surface area contributed by atoms with Gasteiger partial charge in [0, 0.05) is 21.0 Å². The van der Waals surface area contributed by atoms with E-state index in [1.54, 1.807) is 59.3 Å². The maximum atomic E-state index is 12.5. The molecule has 2 aromatic carbocycles. The van der Waals surface area contributed by atoms with Crippen molar-refractivity contribution in [3.63, 3.8) is 0 Å². The summed E-state index contributed by atoms with van der Waals surface area (Å²) in [4.78, 5) is 8.65. The van der Waals surface area contributed by atoms with Gasteiger partial charge in [0.2, 0.25) is 5.88 Å². The number of sulfonamides is 1. The number of aryl methyl sites for hydroxylation is 1. The highest BCUT2D eigenvalue weighted by atomic mass is 127. The van der Waals surface area contributed by atoms with Gasteiger partial charge in [-0.25, -0.2) is 23.1 Å². The predicted molar refractivity (Wildman–Crippen MR) is 130 cm³/mol. The average molecular weight is 561 g/mol. The van der Waals surface area contributed by atoms with Crippen LogP contribution in [0.1, 0.15) is 17.0 Å². The second-order valence-electron chi connectivity index (χ2n) is 7.11. The molecule has 10 heteroatoms. The van der Waals surface area contributed by atoms with Gasteiger partial charge < -0.3 is 4.74 Å². The number of hydrogen-bond donors (Lipinski definition) is 1. The Morgan fingerprint density at radius 2 is 1.66 bits per heavy atom. The van der Waals surface area contributed by atoms with E-state index in [1.165, 1.54) is 6.33 Å². The zero-order chi connectivity index (χ0) is 22.9. The molecule has 0 aliphatic heterocycles. The molecule has 0 radical (unpaired) electrons. The van der Waals surface area contributed by atoms with E-state index in [-0.39, 0.29) is 4.90 Å². The van der Waals surface area contributed by atoms with E-state index in [1.807, 2.05) is 20.8 Å². The number of nitrogens with one attached hydrogen (secondary N) is 1. The zero-order valence-electron chi connectivity index (χ0n) is 17.6. The van der Waals surface area contributed by atoms with Crippen molar-refractivity contribution in [1.82, 2.24) is 19.7 Å². The molecule has 0 atom stereocenters. The third-order valence-corrected chi connectivity index (χ3v) is 7.07. The summed E-state index contributed by atoms with van der Waals surface area (Å²) in [5.41, 5.74) is 3.47. The second-order valence-corrected chi connectivity index (χ2v) is 10.0. The molecule has 32 heavy (non-hydrogen) atoms. The smallest absolute Gasteiger partial charge is 0.261 e. The minimum Gasteiger partial charge on any atom is -0.439 e. The standard InChI is InChI=1S/C22H20IN5O3S/c1-14-15(2)26-28(16(14)3)21-12-22(25-13-24-21)31-19-8-6-18(7-9-19)27-32(29,30)20-10-4-17(23)5-11-20/h4-13,27H,1-3H3. The fourth-order valence-corrected chi connectivity index (χ4v) is 4.40. The number of nitrogens with zero attached hydrogens (tertiary/aromatic N) is 4. The molecule has 2 heterocycles. The third-order valence-electron chi connectivity index (χ3n) is 4.95. The summed E-state index contributed by atoms with van der Waals surface area (Å²) in [6.45, 7) is 5.95. The van der Waals surface area contributed by atoms with Crippen molar-refractivity contribution >= 4 is 38.3 Å². The Hall–Kier alpha value is -2.99. The first kappa shape index (κ1) is 22.2. The van der Waals surface area contributed by atoms with Crippen molar-refractivity contribution in [3.8, 4) is 17.4 Å². The minimum absolute atomic E-state index is 0.200. The van der Waals surface area contributed by atoms with E-state index in [9.17, 15) is 8.42 Å². The fourth-order valence-electron chi connectivity index (χ4n) is 2.98. The molecule has 0 amide bonds. The Balaban J connectivity index is 1.49. The quantitative estimate of drug-likeness (QED) is 0.340. The van der Waals surface area contributed by atoms with Gasteiger partial charge in [0.15, 0.2) is 5.82 Å². The monoisotopic (exact) mass is 561 g/mol. The van der Waals surface area contributed by atoms with Crippen LogP contribution < -0.4 is 9.46 Å². The largest absolute Gasteiger partial charge is 0.439 e. The highest BCUT2D eigenvalue weighted by Crippen LogP contribution is 2.25. The molecule has 0 aliphatic carbocycles. The Labute approximate surface area is 199 Å². The molecule has 4 rings (SSSR count). The predicted octanol–water partition coefficient (Wildman–Crippen LogP) is 4.79. The molecular weight excluding hydrogens is 541 g/mol. The molecule has 0 bridgehead atoms. The van der Waals surface area contributed by atoms with Crippen LogP contribution in [0.5, 0.6) is 11.6 Å². The first-order chi connectivity index (χ1) is 15.2. The molecule has 0 fully saturated rings. The molecular formula is C22H20IN5O3S. The van der Waals surface area contributed by atoms with Crippen molar-refractivity contribution in [2.24, 2.45) is 0 Å². The fraction of sp³-hybridized carbons (Fsp3) is 0.136. The Morgan fingerprint density at radius 1 is 0.969 bits per heavy atom. The SMILES string of the molecule is Cc1nn(-c2cc(Oc3ccc(NS(=O)(=O)c4ccc(I)cc4)cc3)ncn2)c(C)c1C. The topological polar surface area (TPSA) is 99.0 Å². The van der Waals surface area contributed by atoms with Crippen molar-refractivity contribution in [1.29, 1.82) is 0 Å². The lowest BCUT2D eigenvalue weighted by Gasteiger charge is -2.10. The van der Waals surface area contributed by atoms with Crippen molar-refractivity contribution in [2.45, 2.75) is 25.7 Å². The maximum Gasteiger partial charge on any atom is 0.261 e. The van der Waals surface area contributed by atoms with Crippen molar-refractivity contribution in [3.05, 3.63) is 81.4 Å². The van der Waals surface area contributed by atoms with Gasteiger partial charge in [0.1, 0.15) is 12.1 Å². The van der Waals surface area contributed by atoms with Gasteiger partial charge in [-0.3, -0.25) is 4.72 Å². The lowest BCUT2D eigenvalue weighted by molar-refractivity contribution is 0.460. The summed E-state index contributed by atoms with van der Waals surface area (Å²) in [5, 5.41) is 4.51. The Bertz CT molecular complexity index is 1370. The van der Waals surface area contributed by atoms with E-state index < -0.39 is 10.0 Å². The molecule has 2 aromatic heterocycles. The number of ether oxygens (including phenoxy) is 1. The molecule has 164 valence electrons. The van der Waals surface area contributed by atoms with Gasteiger partial charge in [0.05, 0.1) is 10.6 Å². The minimum atomic E-state index is -3.67. The van der Waals surface area contributed by atoms with Crippen LogP contribution in [0, 0.1) is 24.3 Å².